The Morgan fingerprint density at radius 3 is 2.86 bits per heavy atom. The molecule has 1 heterocycles. The first-order valence-electron chi connectivity index (χ1n) is 7.68. The van der Waals surface area contributed by atoms with Gasteiger partial charge in [0, 0.05) is 38.0 Å². The van der Waals surface area contributed by atoms with Crippen molar-refractivity contribution in [1.82, 2.24) is 10.3 Å². The molecule has 1 aromatic heterocycles. The molecule has 0 radical (unpaired) electrons. The Morgan fingerprint density at radius 1 is 1.43 bits per heavy atom. The third-order valence-electron chi connectivity index (χ3n) is 3.23. The Labute approximate surface area is 128 Å². The van der Waals surface area contributed by atoms with Crippen molar-refractivity contribution in [2.45, 2.75) is 39.7 Å². The van der Waals surface area contributed by atoms with Crippen LogP contribution < -0.4 is 11.1 Å². The number of aliphatic imine (C=N–C) groups is 1. The van der Waals surface area contributed by atoms with Gasteiger partial charge in [-0.1, -0.05) is 19.9 Å². The third-order valence-corrected chi connectivity index (χ3v) is 3.23. The minimum absolute atomic E-state index is 0.250. The molecule has 1 aromatic rings. The van der Waals surface area contributed by atoms with Gasteiger partial charge in [-0.2, -0.15) is 0 Å². The molecule has 1 unspecified atom stereocenters. The normalized spacial score (nSPS) is 13.4. The molecule has 0 saturated heterocycles. The predicted molar refractivity (Wildman–Crippen MR) is 87.3 cm³/mol. The summed E-state index contributed by atoms with van der Waals surface area (Å²) in [6.07, 6.45) is 3.78. The van der Waals surface area contributed by atoms with E-state index in [1.54, 1.807) is 6.20 Å². The number of nitrogens with two attached hydrogens (primary N) is 1. The number of guanidine groups is 1. The van der Waals surface area contributed by atoms with E-state index in [9.17, 15) is 0 Å². The summed E-state index contributed by atoms with van der Waals surface area (Å²) in [6.45, 7) is 8.52. The first-order chi connectivity index (χ1) is 10.1. The van der Waals surface area contributed by atoms with E-state index in [1.165, 1.54) is 0 Å². The summed E-state index contributed by atoms with van der Waals surface area (Å²) < 4.78 is 5.69. The largest absolute Gasteiger partial charge is 0.378 e. The zero-order valence-corrected chi connectivity index (χ0v) is 13.4. The van der Waals surface area contributed by atoms with E-state index in [-0.39, 0.29) is 6.10 Å². The zero-order valence-electron chi connectivity index (χ0n) is 13.4. The van der Waals surface area contributed by atoms with Crippen molar-refractivity contribution in [2.75, 3.05) is 19.7 Å². The Hall–Kier alpha value is -1.62. The van der Waals surface area contributed by atoms with E-state index >= 15 is 0 Å². The lowest BCUT2D eigenvalue weighted by molar-refractivity contribution is 0.0266. The molecule has 0 fully saturated rings. The second-order valence-electron chi connectivity index (χ2n) is 5.29. The van der Waals surface area contributed by atoms with E-state index in [0.717, 1.165) is 31.7 Å². The lowest BCUT2D eigenvalue weighted by Gasteiger charge is -2.19. The molecule has 0 aliphatic carbocycles. The maximum Gasteiger partial charge on any atom is 0.188 e. The standard InChI is InChI=1S/C16H28N4O/c1-4-21-15(13(2)3)9-12-20-16(17)19-11-8-14-7-5-6-10-18-14/h5-7,10,13,15H,4,8-9,11-12H2,1-3H3,(H3,17,19,20). The van der Waals surface area contributed by atoms with Gasteiger partial charge in [-0.05, 0) is 31.4 Å². The molecule has 0 bridgehead atoms. The molecule has 21 heavy (non-hydrogen) atoms. The summed E-state index contributed by atoms with van der Waals surface area (Å²) in [5.41, 5.74) is 6.90. The summed E-state index contributed by atoms with van der Waals surface area (Å²) in [5.74, 6) is 0.989. The van der Waals surface area contributed by atoms with E-state index < -0.39 is 0 Å². The highest BCUT2D eigenvalue weighted by Crippen LogP contribution is 2.10. The van der Waals surface area contributed by atoms with Crippen molar-refractivity contribution in [1.29, 1.82) is 0 Å². The van der Waals surface area contributed by atoms with Crippen molar-refractivity contribution < 1.29 is 4.74 Å². The molecule has 1 atom stereocenters. The Bertz CT molecular complexity index is 406. The van der Waals surface area contributed by atoms with Gasteiger partial charge in [-0.25, -0.2) is 0 Å². The van der Waals surface area contributed by atoms with Gasteiger partial charge in [0.05, 0.1) is 6.10 Å². The molecular weight excluding hydrogens is 264 g/mol. The van der Waals surface area contributed by atoms with Gasteiger partial charge in [0.1, 0.15) is 0 Å². The van der Waals surface area contributed by atoms with Crippen LogP contribution in [-0.2, 0) is 11.2 Å². The SMILES string of the molecule is CCOC(CCN=C(N)NCCc1ccccn1)C(C)C. The van der Waals surface area contributed by atoms with Crippen LogP contribution in [0.25, 0.3) is 0 Å². The first-order valence-corrected chi connectivity index (χ1v) is 7.68. The van der Waals surface area contributed by atoms with Crippen LogP contribution in [0.4, 0.5) is 0 Å². The van der Waals surface area contributed by atoms with Gasteiger partial charge in [-0.3, -0.25) is 9.98 Å². The fraction of sp³-hybridized carbons (Fsp3) is 0.625. The number of nitrogens with one attached hydrogen (secondary N) is 1. The summed E-state index contributed by atoms with van der Waals surface area (Å²) in [5, 5.41) is 3.11. The van der Waals surface area contributed by atoms with Crippen molar-refractivity contribution in [3.63, 3.8) is 0 Å². The molecule has 5 nitrogen and oxygen atoms in total. The highest BCUT2D eigenvalue weighted by molar-refractivity contribution is 5.77. The molecule has 0 spiro atoms. The van der Waals surface area contributed by atoms with Crippen molar-refractivity contribution >= 4 is 5.96 Å². The summed E-state index contributed by atoms with van der Waals surface area (Å²) in [6, 6.07) is 5.90. The van der Waals surface area contributed by atoms with Crippen LogP contribution in [0.1, 0.15) is 32.9 Å². The molecule has 0 aromatic carbocycles. The second kappa shape index (κ2) is 10.2. The average Bonchev–Trinajstić information content (AvgIpc) is 2.47. The fourth-order valence-corrected chi connectivity index (χ4v) is 2.06. The van der Waals surface area contributed by atoms with E-state index in [1.807, 2.05) is 25.1 Å². The maximum absolute atomic E-state index is 5.85. The summed E-state index contributed by atoms with van der Waals surface area (Å²) in [4.78, 5) is 8.61. The number of rotatable bonds is 9. The third kappa shape index (κ3) is 7.66. The number of aromatic nitrogens is 1. The van der Waals surface area contributed by atoms with E-state index in [0.29, 0.717) is 18.4 Å². The van der Waals surface area contributed by atoms with Gasteiger partial charge < -0.3 is 15.8 Å². The van der Waals surface area contributed by atoms with Crippen LogP contribution in [-0.4, -0.2) is 36.7 Å². The second-order valence-corrected chi connectivity index (χ2v) is 5.29. The van der Waals surface area contributed by atoms with Crippen LogP contribution in [0.3, 0.4) is 0 Å². The monoisotopic (exact) mass is 292 g/mol. The number of hydrogen-bond acceptors (Lipinski definition) is 3. The molecule has 5 heteroatoms. The maximum atomic E-state index is 5.85. The Balaban J connectivity index is 2.23. The molecule has 0 aliphatic rings. The molecule has 3 N–H and O–H groups in total. The van der Waals surface area contributed by atoms with Gasteiger partial charge in [0.25, 0.3) is 0 Å². The lowest BCUT2D eigenvalue weighted by Crippen LogP contribution is -2.33. The summed E-state index contributed by atoms with van der Waals surface area (Å²) >= 11 is 0. The van der Waals surface area contributed by atoms with Crippen LogP contribution in [0.5, 0.6) is 0 Å². The van der Waals surface area contributed by atoms with Crippen molar-refractivity contribution in [2.24, 2.45) is 16.6 Å². The fourth-order valence-electron chi connectivity index (χ4n) is 2.06. The van der Waals surface area contributed by atoms with E-state index in [4.69, 9.17) is 10.5 Å². The van der Waals surface area contributed by atoms with Crippen LogP contribution in [0, 0.1) is 5.92 Å². The zero-order chi connectivity index (χ0) is 15.5. The van der Waals surface area contributed by atoms with E-state index in [2.05, 4.69) is 29.1 Å². The quantitative estimate of drug-likeness (QED) is 0.539. The van der Waals surface area contributed by atoms with Gasteiger partial charge in [-0.15, -0.1) is 0 Å². The Kier molecular flexibility index (Phi) is 8.43. The lowest BCUT2D eigenvalue weighted by atomic mass is 10.0. The topological polar surface area (TPSA) is 72.5 Å². The number of nitrogens with zero attached hydrogens (tertiary/aromatic N) is 2. The molecule has 0 saturated carbocycles. The predicted octanol–water partition coefficient (Wildman–Crippen LogP) is 1.98. The van der Waals surface area contributed by atoms with Crippen LogP contribution in [0.2, 0.25) is 0 Å². The average molecular weight is 292 g/mol. The molecular formula is C16H28N4O. The highest BCUT2D eigenvalue weighted by Gasteiger charge is 2.12. The first kappa shape index (κ1) is 17.4. The van der Waals surface area contributed by atoms with Crippen LogP contribution >= 0.6 is 0 Å². The van der Waals surface area contributed by atoms with Gasteiger partial charge in [0.2, 0.25) is 0 Å². The van der Waals surface area contributed by atoms with Crippen LogP contribution in [0.15, 0.2) is 29.4 Å². The smallest absolute Gasteiger partial charge is 0.188 e. The van der Waals surface area contributed by atoms with Crippen molar-refractivity contribution in [3.8, 4) is 0 Å². The number of pyridine rings is 1. The summed E-state index contributed by atoms with van der Waals surface area (Å²) in [7, 11) is 0. The van der Waals surface area contributed by atoms with Crippen molar-refractivity contribution in [3.05, 3.63) is 30.1 Å². The number of hydrogen-bond donors (Lipinski definition) is 2. The number of ether oxygens (including phenoxy) is 1. The molecule has 118 valence electrons. The highest BCUT2D eigenvalue weighted by atomic mass is 16.5. The van der Waals surface area contributed by atoms with Gasteiger partial charge in [0.15, 0.2) is 5.96 Å². The minimum Gasteiger partial charge on any atom is -0.378 e. The van der Waals surface area contributed by atoms with Gasteiger partial charge >= 0.3 is 0 Å². The molecule has 1 rings (SSSR count). The molecule has 0 aliphatic heterocycles. The minimum atomic E-state index is 0.250. The molecule has 0 amide bonds. The Morgan fingerprint density at radius 2 is 2.24 bits per heavy atom.